The number of benzene rings is 1. The number of para-hydroxylation sites is 1. The number of ether oxygens (including phenoxy) is 2. The fraction of sp³-hybridized carbons (Fsp3) is 0.444. The van der Waals surface area contributed by atoms with Crippen LogP contribution in [-0.4, -0.2) is 42.9 Å². The number of aryl methyl sites for hydroxylation is 1. The monoisotopic (exact) mass is 326 g/mol. The van der Waals surface area contributed by atoms with E-state index < -0.39 is 0 Å². The number of fused-ring (bicyclic) bond motifs is 1. The van der Waals surface area contributed by atoms with Gasteiger partial charge in [-0.1, -0.05) is 18.2 Å². The van der Waals surface area contributed by atoms with Crippen LogP contribution in [0, 0.1) is 6.92 Å². The quantitative estimate of drug-likeness (QED) is 0.935. The van der Waals surface area contributed by atoms with E-state index in [0.29, 0.717) is 0 Å². The van der Waals surface area contributed by atoms with Crippen LogP contribution in [-0.2, 0) is 4.74 Å². The molecule has 0 amide bonds. The first-order valence-corrected chi connectivity index (χ1v) is 8.45. The van der Waals surface area contributed by atoms with E-state index in [2.05, 4.69) is 45.3 Å². The van der Waals surface area contributed by atoms with Crippen molar-refractivity contribution in [2.75, 3.05) is 43.1 Å². The Kier molecular flexibility index (Phi) is 4.21. The third-order valence-corrected chi connectivity index (χ3v) is 4.58. The molecule has 24 heavy (non-hydrogen) atoms. The average Bonchev–Trinajstić information content (AvgIpc) is 2.64. The van der Waals surface area contributed by atoms with Gasteiger partial charge in [0.2, 0.25) is 0 Å². The van der Waals surface area contributed by atoms with Gasteiger partial charge in [0.25, 0.3) is 0 Å². The fourth-order valence-corrected chi connectivity index (χ4v) is 3.30. The standard InChI is InChI=1S/C18H22N4O2/c1-13-3-2-4-14-15(5-8-24-18(13)14)21-16-11-17(20-12-19-16)22-6-9-23-10-7-22/h2-4,11-12,15H,5-10H2,1H3,(H,19,20,21)/t15-/m1/s1. The Morgan fingerprint density at radius 3 is 2.92 bits per heavy atom. The largest absolute Gasteiger partial charge is 0.493 e. The minimum Gasteiger partial charge on any atom is -0.493 e. The number of anilines is 2. The van der Waals surface area contributed by atoms with Crippen LogP contribution in [0.1, 0.15) is 23.6 Å². The Labute approximate surface area is 141 Å². The van der Waals surface area contributed by atoms with Crippen LogP contribution in [0.2, 0.25) is 0 Å². The summed E-state index contributed by atoms with van der Waals surface area (Å²) in [6, 6.07) is 8.53. The molecule has 6 nitrogen and oxygen atoms in total. The zero-order valence-corrected chi connectivity index (χ0v) is 13.9. The normalized spacial score (nSPS) is 20.2. The minimum absolute atomic E-state index is 0.209. The second-order valence-electron chi connectivity index (χ2n) is 6.19. The lowest BCUT2D eigenvalue weighted by Crippen LogP contribution is -2.36. The van der Waals surface area contributed by atoms with Crippen LogP contribution < -0.4 is 15.0 Å². The Balaban J connectivity index is 1.55. The summed E-state index contributed by atoms with van der Waals surface area (Å²) in [7, 11) is 0. The lowest BCUT2D eigenvalue weighted by atomic mass is 9.98. The molecule has 1 fully saturated rings. The Morgan fingerprint density at radius 1 is 1.17 bits per heavy atom. The smallest absolute Gasteiger partial charge is 0.134 e. The van der Waals surface area contributed by atoms with Gasteiger partial charge in [0.05, 0.1) is 25.9 Å². The lowest BCUT2D eigenvalue weighted by molar-refractivity contribution is 0.122. The number of morpholine rings is 1. The van der Waals surface area contributed by atoms with Crippen LogP contribution in [0.25, 0.3) is 0 Å². The number of rotatable bonds is 3. The molecule has 2 aliphatic heterocycles. The van der Waals surface area contributed by atoms with Gasteiger partial charge in [-0.05, 0) is 12.5 Å². The fourth-order valence-electron chi connectivity index (χ4n) is 3.30. The predicted octanol–water partition coefficient (Wildman–Crippen LogP) is 2.56. The number of aromatic nitrogens is 2. The summed E-state index contributed by atoms with van der Waals surface area (Å²) in [4.78, 5) is 11.0. The van der Waals surface area contributed by atoms with E-state index in [-0.39, 0.29) is 6.04 Å². The van der Waals surface area contributed by atoms with Crippen molar-refractivity contribution in [2.45, 2.75) is 19.4 Å². The molecular formula is C18H22N4O2. The Bertz CT molecular complexity index is 716. The van der Waals surface area contributed by atoms with Crippen LogP contribution in [0.15, 0.2) is 30.6 Å². The summed E-state index contributed by atoms with van der Waals surface area (Å²) in [5.74, 6) is 2.81. The first-order valence-electron chi connectivity index (χ1n) is 8.45. The first kappa shape index (κ1) is 15.2. The molecule has 0 bridgehead atoms. The highest BCUT2D eigenvalue weighted by Crippen LogP contribution is 2.36. The molecule has 2 aliphatic rings. The molecule has 1 saturated heterocycles. The van der Waals surface area contributed by atoms with Gasteiger partial charge in [-0.25, -0.2) is 9.97 Å². The summed E-state index contributed by atoms with van der Waals surface area (Å²) < 4.78 is 11.3. The number of hydrogen-bond acceptors (Lipinski definition) is 6. The summed E-state index contributed by atoms with van der Waals surface area (Å²) in [5.41, 5.74) is 2.38. The van der Waals surface area contributed by atoms with Gasteiger partial charge >= 0.3 is 0 Å². The molecule has 0 unspecified atom stereocenters. The van der Waals surface area contributed by atoms with E-state index in [1.54, 1.807) is 6.33 Å². The summed E-state index contributed by atoms with van der Waals surface area (Å²) >= 11 is 0. The van der Waals surface area contributed by atoms with E-state index in [0.717, 1.165) is 56.7 Å². The Morgan fingerprint density at radius 2 is 2.04 bits per heavy atom. The van der Waals surface area contributed by atoms with Gasteiger partial charge < -0.3 is 19.7 Å². The van der Waals surface area contributed by atoms with E-state index in [1.807, 2.05) is 6.07 Å². The van der Waals surface area contributed by atoms with E-state index >= 15 is 0 Å². The second kappa shape index (κ2) is 6.65. The zero-order valence-electron chi connectivity index (χ0n) is 13.9. The van der Waals surface area contributed by atoms with Gasteiger partial charge in [0, 0.05) is 31.1 Å². The second-order valence-corrected chi connectivity index (χ2v) is 6.19. The number of nitrogens with zero attached hydrogens (tertiary/aromatic N) is 3. The molecule has 1 aromatic carbocycles. The SMILES string of the molecule is Cc1cccc2c1OCC[C@H]2Nc1cc(N2CCOCC2)ncn1. The van der Waals surface area contributed by atoms with Crippen molar-refractivity contribution in [3.63, 3.8) is 0 Å². The third-order valence-electron chi connectivity index (χ3n) is 4.58. The number of hydrogen-bond donors (Lipinski definition) is 1. The molecule has 6 heteroatoms. The number of nitrogens with one attached hydrogen (secondary N) is 1. The molecule has 0 radical (unpaired) electrons. The maximum Gasteiger partial charge on any atom is 0.134 e. The topological polar surface area (TPSA) is 59.5 Å². The maximum atomic E-state index is 5.85. The maximum absolute atomic E-state index is 5.85. The average molecular weight is 326 g/mol. The van der Waals surface area contributed by atoms with Crippen molar-refractivity contribution >= 4 is 11.6 Å². The van der Waals surface area contributed by atoms with E-state index in [4.69, 9.17) is 9.47 Å². The van der Waals surface area contributed by atoms with Crippen molar-refractivity contribution < 1.29 is 9.47 Å². The van der Waals surface area contributed by atoms with Gasteiger partial charge in [-0.3, -0.25) is 0 Å². The predicted molar refractivity (Wildman–Crippen MR) is 92.7 cm³/mol. The van der Waals surface area contributed by atoms with Crippen molar-refractivity contribution in [3.05, 3.63) is 41.7 Å². The highest BCUT2D eigenvalue weighted by molar-refractivity contribution is 5.52. The molecule has 0 spiro atoms. The molecule has 2 aromatic rings. The zero-order chi connectivity index (χ0) is 16.4. The molecule has 0 aliphatic carbocycles. The molecule has 0 saturated carbocycles. The molecule has 126 valence electrons. The summed E-state index contributed by atoms with van der Waals surface area (Å²) in [5, 5.41) is 3.55. The molecular weight excluding hydrogens is 304 g/mol. The first-order chi connectivity index (χ1) is 11.8. The van der Waals surface area contributed by atoms with Crippen molar-refractivity contribution in [3.8, 4) is 5.75 Å². The van der Waals surface area contributed by atoms with Crippen molar-refractivity contribution in [2.24, 2.45) is 0 Å². The summed E-state index contributed by atoms with van der Waals surface area (Å²) in [6.07, 6.45) is 2.55. The van der Waals surface area contributed by atoms with E-state index in [1.165, 1.54) is 11.1 Å². The highest BCUT2D eigenvalue weighted by atomic mass is 16.5. The van der Waals surface area contributed by atoms with Crippen LogP contribution in [0.5, 0.6) is 5.75 Å². The van der Waals surface area contributed by atoms with Crippen LogP contribution in [0.3, 0.4) is 0 Å². The third kappa shape index (κ3) is 3.01. The molecule has 1 N–H and O–H groups in total. The highest BCUT2D eigenvalue weighted by Gasteiger charge is 2.23. The van der Waals surface area contributed by atoms with Crippen molar-refractivity contribution in [1.82, 2.24) is 9.97 Å². The molecule has 3 heterocycles. The van der Waals surface area contributed by atoms with E-state index in [9.17, 15) is 0 Å². The minimum atomic E-state index is 0.209. The van der Waals surface area contributed by atoms with Gasteiger partial charge in [-0.15, -0.1) is 0 Å². The molecule has 1 aromatic heterocycles. The Hall–Kier alpha value is -2.34. The lowest BCUT2D eigenvalue weighted by Gasteiger charge is -2.29. The van der Waals surface area contributed by atoms with Crippen LogP contribution >= 0.6 is 0 Å². The van der Waals surface area contributed by atoms with Gasteiger partial charge in [-0.2, -0.15) is 0 Å². The van der Waals surface area contributed by atoms with Gasteiger partial charge in [0.1, 0.15) is 23.7 Å². The van der Waals surface area contributed by atoms with Crippen molar-refractivity contribution in [1.29, 1.82) is 0 Å². The van der Waals surface area contributed by atoms with Gasteiger partial charge in [0.15, 0.2) is 0 Å². The van der Waals surface area contributed by atoms with Crippen LogP contribution in [0.4, 0.5) is 11.6 Å². The summed E-state index contributed by atoms with van der Waals surface area (Å²) in [6.45, 7) is 6.05. The molecule has 1 atom stereocenters. The molecule has 4 rings (SSSR count).